The fourth-order valence-corrected chi connectivity index (χ4v) is 3.79. The third-order valence-electron chi connectivity index (χ3n) is 3.78. The molecule has 0 saturated heterocycles. The predicted molar refractivity (Wildman–Crippen MR) is 122 cm³/mol. The summed E-state index contributed by atoms with van der Waals surface area (Å²) in [5.74, 6) is -0.188. The lowest BCUT2D eigenvalue weighted by molar-refractivity contribution is -0.114. The molecule has 0 unspecified atom stereocenters. The first-order chi connectivity index (χ1) is 14.0. The Morgan fingerprint density at radius 3 is 2.52 bits per heavy atom. The van der Waals surface area contributed by atoms with Crippen molar-refractivity contribution in [2.75, 3.05) is 5.32 Å². The molecule has 2 heterocycles. The lowest BCUT2D eigenvalue weighted by Crippen LogP contribution is -2.04. The van der Waals surface area contributed by atoms with Gasteiger partial charge in [-0.1, -0.05) is 43.4 Å². The van der Waals surface area contributed by atoms with Crippen LogP contribution in [0.3, 0.4) is 0 Å². The molecule has 0 atom stereocenters. The second kappa shape index (κ2) is 10.4. The first kappa shape index (κ1) is 22.2. The molecule has 1 aromatic carbocycles. The molecule has 0 spiro atoms. The number of nitrogens with zero attached hydrogens (tertiary/aromatic N) is 2. The van der Waals surface area contributed by atoms with Gasteiger partial charge in [0.1, 0.15) is 0 Å². The highest BCUT2D eigenvalue weighted by molar-refractivity contribution is 7.22. The lowest BCUT2D eigenvalue weighted by atomic mass is 9.98. The molecule has 3 aromatic rings. The Morgan fingerprint density at radius 1 is 1.17 bits per heavy atom. The maximum atomic E-state index is 11.7. The largest absolute Gasteiger partial charge is 0.302 e. The Labute approximate surface area is 175 Å². The van der Waals surface area contributed by atoms with E-state index in [-0.39, 0.29) is 11.7 Å². The zero-order valence-electron chi connectivity index (χ0n) is 17.3. The van der Waals surface area contributed by atoms with Crippen LogP contribution in [-0.2, 0) is 9.59 Å². The maximum absolute atomic E-state index is 11.7. The Balaban J connectivity index is 0.00000145. The summed E-state index contributed by atoms with van der Waals surface area (Å²) in [7, 11) is 0. The van der Waals surface area contributed by atoms with E-state index in [2.05, 4.69) is 15.3 Å². The van der Waals surface area contributed by atoms with Crippen molar-refractivity contribution in [1.82, 2.24) is 9.97 Å². The van der Waals surface area contributed by atoms with Gasteiger partial charge in [0, 0.05) is 30.4 Å². The molecule has 1 amide bonds. The standard InChI is InChI=1S/C21H19N3O2S.C2H6/c1-4-6-15(9-13(2)25)17-10-18(16-7-5-8-22-12-16)20-19(11-17)24-21(27-20)23-14(3)26;1-2/h4-12H,1-3H3,(H,23,24,26);1-2H3/b6-4-,15-9+;. The molecule has 1 N–H and O–H groups in total. The zero-order chi connectivity index (χ0) is 21.4. The smallest absolute Gasteiger partial charge is 0.223 e. The van der Waals surface area contributed by atoms with E-state index in [1.165, 1.54) is 25.2 Å². The lowest BCUT2D eigenvalue weighted by Gasteiger charge is -2.08. The minimum absolute atomic E-state index is 0.0247. The van der Waals surface area contributed by atoms with Crippen LogP contribution in [0.5, 0.6) is 0 Å². The van der Waals surface area contributed by atoms with E-state index in [4.69, 9.17) is 0 Å². The van der Waals surface area contributed by atoms with Crippen molar-refractivity contribution in [1.29, 1.82) is 0 Å². The van der Waals surface area contributed by atoms with Gasteiger partial charge in [-0.15, -0.1) is 0 Å². The molecule has 3 rings (SSSR count). The quantitative estimate of drug-likeness (QED) is 0.423. The summed E-state index contributed by atoms with van der Waals surface area (Å²) in [5.41, 5.74) is 4.37. The normalized spacial score (nSPS) is 11.3. The summed E-state index contributed by atoms with van der Waals surface area (Å²) < 4.78 is 0.957. The van der Waals surface area contributed by atoms with Gasteiger partial charge in [0.25, 0.3) is 0 Å². The van der Waals surface area contributed by atoms with Crippen molar-refractivity contribution < 1.29 is 9.59 Å². The SMILES string of the molecule is C/C=C\C(=C/C(C)=O)c1cc(-c2cccnc2)c2sc(NC(C)=O)nc2c1.CC. The Kier molecular flexibility index (Phi) is 7.98. The monoisotopic (exact) mass is 407 g/mol. The van der Waals surface area contributed by atoms with Crippen molar-refractivity contribution in [3.63, 3.8) is 0 Å². The Morgan fingerprint density at radius 2 is 1.93 bits per heavy atom. The summed E-state index contributed by atoms with van der Waals surface area (Å²) in [6.07, 6.45) is 8.92. The topological polar surface area (TPSA) is 72.0 Å². The second-order valence-electron chi connectivity index (χ2n) is 6.02. The number of carbonyl (C=O) groups is 2. The van der Waals surface area contributed by atoms with Crippen LogP contribution in [-0.4, -0.2) is 21.7 Å². The number of amides is 1. The van der Waals surface area contributed by atoms with Crippen LogP contribution in [0.1, 0.15) is 40.2 Å². The van der Waals surface area contributed by atoms with Gasteiger partial charge >= 0.3 is 0 Å². The van der Waals surface area contributed by atoms with Gasteiger partial charge < -0.3 is 5.32 Å². The number of aromatic nitrogens is 2. The van der Waals surface area contributed by atoms with Gasteiger partial charge in [-0.25, -0.2) is 4.98 Å². The molecule has 0 fully saturated rings. The van der Waals surface area contributed by atoms with Gasteiger partial charge in [0.2, 0.25) is 5.91 Å². The first-order valence-corrected chi connectivity index (χ1v) is 10.3. The number of anilines is 1. The molecule has 5 nitrogen and oxygen atoms in total. The number of allylic oxidation sites excluding steroid dienone is 4. The highest BCUT2D eigenvalue weighted by atomic mass is 32.1. The van der Waals surface area contributed by atoms with Crippen molar-refractivity contribution in [2.45, 2.75) is 34.6 Å². The Hall–Kier alpha value is -3.12. The van der Waals surface area contributed by atoms with Crippen molar-refractivity contribution in [3.05, 3.63) is 60.5 Å². The average molecular weight is 408 g/mol. The summed E-state index contributed by atoms with van der Waals surface area (Å²) in [4.78, 5) is 31.8. The third kappa shape index (κ3) is 5.68. The average Bonchev–Trinajstić information content (AvgIpc) is 3.10. The summed E-state index contributed by atoms with van der Waals surface area (Å²) in [6, 6.07) is 7.82. The third-order valence-corrected chi connectivity index (χ3v) is 4.80. The molecule has 0 aliphatic rings. The van der Waals surface area contributed by atoms with Crippen molar-refractivity contribution >= 4 is 43.9 Å². The van der Waals surface area contributed by atoms with Crippen LogP contribution >= 0.6 is 11.3 Å². The van der Waals surface area contributed by atoms with Crippen molar-refractivity contribution in [2.24, 2.45) is 0 Å². The molecule has 0 radical (unpaired) electrons. The molecule has 0 aliphatic heterocycles. The number of hydrogen-bond acceptors (Lipinski definition) is 5. The molecule has 150 valence electrons. The van der Waals surface area contributed by atoms with E-state index >= 15 is 0 Å². The minimum Gasteiger partial charge on any atom is -0.302 e. The first-order valence-electron chi connectivity index (χ1n) is 9.46. The molecule has 2 aromatic heterocycles. The van der Waals surface area contributed by atoms with E-state index in [1.54, 1.807) is 18.5 Å². The van der Waals surface area contributed by atoms with E-state index in [1.807, 2.05) is 57.2 Å². The second-order valence-corrected chi connectivity index (χ2v) is 7.02. The number of benzene rings is 1. The zero-order valence-corrected chi connectivity index (χ0v) is 18.1. The van der Waals surface area contributed by atoms with Crippen LogP contribution in [0.4, 0.5) is 5.13 Å². The van der Waals surface area contributed by atoms with Gasteiger partial charge in [-0.2, -0.15) is 0 Å². The van der Waals surface area contributed by atoms with Crippen LogP contribution in [0.25, 0.3) is 26.9 Å². The van der Waals surface area contributed by atoms with E-state index in [9.17, 15) is 9.59 Å². The van der Waals surface area contributed by atoms with Gasteiger partial charge in [-0.3, -0.25) is 14.6 Å². The van der Waals surface area contributed by atoms with E-state index in [0.29, 0.717) is 5.13 Å². The van der Waals surface area contributed by atoms with E-state index in [0.717, 1.165) is 32.5 Å². The number of carbonyl (C=O) groups excluding carboxylic acids is 2. The Bertz CT molecular complexity index is 1070. The summed E-state index contributed by atoms with van der Waals surface area (Å²) >= 11 is 1.42. The number of fused-ring (bicyclic) bond motifs is 1. The van der Waals surface area contributed by atoms with Crippen LogP contribution in [0, 0.1) is 0 Å². The number of thiazole rings is 1. The number of pyridine rings is 1. The molecule has 6 heteroatoms. The fraction of sp³-hybridized carbons (Fsp3) is 0.217. The van der Waals surface area contributed by atoms with E-state index < -0.39 is 0 Å². The highest BCUT2D eigenvalue weighted by Crippen LogP contribution is 2.37. The van der Waals surface area contributed by atoms with Gasteiger partial charge in [0.15, 0.2) is 10.9 Å². The molecule has 29 heavy (non-hydrogen) atoms. The van der Waals surface area contributed by atoms with Gasteiger partial charge in [0.05, 0.1) is 10.2 Å². The number of ketones is 1. The fourth-order valence-electron chi connectivity index (χ4n) is 2.77. The van der Waals surface area contributed by atoms with Crippen LogP contribution in [0.2, 0.25) is 0 Å². The molecule has 0 saturated carbocycles. The number of rotatable bonds is 5. The molecule has 0 aliphatic carbocycles. The summed E-state index contributed by atoms with van der Waals surface area (Å²) in [5, 5.41) is 3.29. The van der Waals surface area contributed by atoms with Gasteiger partial charge in [-0.05, 0) is 49.3 Å². The van der Waals surface area contributed by atoms with Crippen LogP contribution in [0.15, 0.2) is 54.9 Å². The number of hydrogen-bond donors (Lipinski definition) is 1. The molecule has 0 bridgehead atoms. The highest BCUT2D eigenvalue weighted by Gasteiger charge is 2.14. The predicted octanol–water partition coefficient (Wildman–Crippen LogP) is 5.89. The minimum atomic E-state index is -0.164. The molecular formula is C23H25N3O2S. The molecular weight excluding hydrogens is 382 g/mol. The maximum Gasteiger partial charge on any atom is 0.223 e. The summed E-state index contributed by atoms with van der Waals surface area (Å²) in [6.45, 7) is 8.90. The van der Waals surface area contributed by atoms with Crippen LogP contribution < -0.4 is 5.32 Å². The van der Waals surface area contributed by atoms with Crippen molar-refractivity contribution in [3.8, 4) is 11.1 Å². The number of nitrogens with one attached hydrogen (secondary N) is 1.